The third-order valence-electron chi connectivity index (χ3n) is 5.00. The van der Waals surface area contributed by atoms with E-state index in [2.05, 4.69) is 44.7 Å². The van der Waals surface area contributed by atoms with E-state index in [1.165, 1.54) is 12.8 Å². The largest absolute Gasteiger partial charge is 0.465 e. The monoisotopic (exact) mass is 352 g/mol. The molecule has 1 aliphatic rings. The fourth-order valence-corrected chi connectivity index (χ4v) is 3.54. The second-order valence-electron chi connectivity index (χ2n) is 6.51. The van der Waals surface area contributed by atoms with Crippen molar-refractivity contribution >= 4 is 16.9 Å². The summed E-state index contributed by atoms with van der Waals surface area (Å²) in [6.07, 6.45) is 2.09. The summed E-state index contributed by atoms with van der Waals surface area (Å²) in [5.41, 5.74) is 1.94. The van der Waals surface area contributed by atoms with Crippen molar-refractivity contribution in [3.8, 4) is 0 Å². The molecule has 3 heterocycles. The van der Waals surface area contributed by atoms with Crippen molar-refractivity contribution in [2.24, 2.45) is 0 Å². The quantitative estimate of drug-likeness (QED) is 0.730. The Morgan fingerprint density at radius 2 is 2.19 bits per heavy atom. The van der Waals surface area contributed by atoms with E-state index in [0.717, 1.165) is 13.1 Å². The number of aromatic amines is 1. The number of nitrogens with zero attached hydrogens (tertiary/aromatic N) is 3. The van der Waals surface area contributed by atoms with Crippen molar-refractivity contribution in [1.82, 2.24) is 19.4 Å². The van der Waals surface area contributed by atoms with Crippen LogP contribution in [-0.2, 0) is 17.8 Å². The summed E-state index contributed by atoms with van der Waals surface area (Å²) in [5.74, 6) is 0.150. The number of hydrogen-bond donors (Lipinski definition) is 1. The van der Waals surface area contributed by atoms with E-state index in [9.17, 15) is 9.59 Å². The topological polar surface area (TPSA) is 80.2 Å². The van der Waals surface area contributed by atoms with Gasteiger partial charge in [-0.3, -0.25) is 9.69 Å². The van der Waals surface area contributed by atoms with Crippen molar-refractivity contribution in [3.05, 3.63) is 64.0 Å². The molecule has 1 N–H and O–H groups in total. The Morgan fingerprint density at radius 3 is 3.00 bits per heavy atom. The lowest BCUT2D eigenvalue weighted by Gasteiger charge is -2.34. The van der Waals surface area contributed by atoms with Crippen molar-refractivity contribution in [3.63, 3.8) is 0 Å². The maximum atomic E-state index is 12.4. The van der Waals surface area contributed by atoms with Crippen LogP contribution in [0.25, 0.3) is 10.9 Å². The van der Waals surface area contributed by atoms with Crippen LogP contribution in [0.5, 0.6) is 0 Å². The van der Waals surface area contributed by atoms with Gasteiger partial charge in [-0.25, -0.2) is 9.78 Å². The van der Waals surface area contributed by atoms with Gasteiger partial charge in [0.25, 0.3) is 5.56 Å². The first-order valence-corrected chi connectivity index (χ1v) is 8.57. The molecule has 0 spiro atoms. The Morgan fingerprint density at radius 1 is 1.35 bits per heavy atom. The number of methoxy groups -OCH3 is 1. The molecule has 0 bridgehead atoms. The number of aromatic nitrogens is 3. The van der Waals surface area contributed by atoms with E-state index in [0.29, 0.717) is 28.8 Å². The molecule has 1 aliphatic heterocycles. The lowest BCUT2D eigenvalue weighted by molar-refractivity contribution is 0.0601. The first-order valence-electron chi connectivity index (χ1n) is 8.57. The molecule has 7 heteroatoms. The number of rotatable bonds is 3. The molecule has 0 aliphatic carbocycles. The highest BCUT2D eigenvalue weighted by Gasteiger charge is 2.24. The minimum Gasteiger partial charge on any atom is -0.465 e. The number of nitrogens with one attached hydrogen (secondary N) is 1. The van der Waals surface area contributed by atoms with Crippen LogP contribution in [0, 0.1) is 0 Å². The van der Waals surface area contributed by atoms with Crippen LogP contribution in [0.3, 0.4) is 0 Å². The van der Waals surface area contributed by atoms with Crippen LogP contribution >= 0.6 is 0 Å². The Kier molecular flexibility index (Phi) is 4.08. The lowest BCUT2D eigenvalue weighted by atomic mass is 10.1. The Hall–Kier alpha value is -2.93. The molecule has 1 aromatic carbocycles. The molecule has 0 saturated heterocycles. The molecular weight excluding hydrogens is 332 g/mol. The van der Waals surface area contributed by atoms with Gasteiger partial charge in [-0.05, 0) is 37.3 Å². The van der Waals surface area contributed by atoms with Gasteiger partial charge in [-0.1, -0.05) is 0 Å². The minimum atomic E-state index is -0.444. The fraction of sp³-hybridized carbons (Fsp3) is 0.316. The van der Waals surface area contributed by atoms with Gasteiger partial charge in [0.15, 0.2) is 0 Å². The number of carbonyl (C=O) groups is 1. The molecule has 0 unspecified atom stereocenters. The van der Waals surface area contributed by atoms with Gasteiger partial charge < -0.3 is 14.3 Å². The molecule has 0 radical (unpaired) electrons. The molecule has 4 rings (SSSR count). The zero-order valence-electron chi connectivity index (χ0n) is 14.7. The molecule has 134 valence electrons. The minimum absolute atomic E-state index is 0.200. The summed E-state index contributed by atoms with van der Waals surface area (Å²) in [6.45, 7) is 4.49. The zero-order chi connectivity index (χ0) is 18.3. The van der Waals surface area contributed by atoms with Crippen LogP contribution in [0.15, 0.2) is 41.3 Å². The lowest BCUT2D eigenvalue weighted by Crippen LogP contribution is -2.36. The van der Waals surface area contributed by atoms with Gasteiger partial charge in [0.05, 0.1) is 30.1 Å². The van der Waals surface area contributed by atoms with E-state index < -0.39 is 5.97 Å². The molecule has 0 saturated carbocycles. The van der Waals surface area contributed by atoms with Gasteiger partial charge in [0, 0.05) is 31.0 Å². The van der Waals surface area contributed by atoms with Crippen LogP contribution in [0.2, 0.25) is 0 Å². The van der Waals surface area contributed by atoms with E-state index >= 15 is 0 Å². The molecule has 3 aromatic rings. The second-order valence-corrected chi connectivity index (χ2v) is 6.51. The van der Waals surface area contributed by atoms with Crippen molar-refractivity contribution < 1.29 is 9.53 Å². The molecule has 26 heavy (non-hydrogen) atoms. The molecule has 7 nitrogen and oxygen atoms in total. The number of fused-ring (bicyclic) bond motifs is 2. The standard InChI is InChI=1S/C19H20N4O3/c1-12-16-4-3-7-22(16)8-9-23(12)11-17-20-15-10-13(19(25)26-2)5-6-14(15)18(24)21-17/h3-7,10,12H,8-9,11H2,1-2H3,(H,20,21,24)/t12-/m1/s1. The highest BCUT2D eigenvalue weighted by atomic mass is 16.5. The number of ether oxygens (including phenoxy) is 1. The Bertz CT molecular complexity index is 1040. The maximum absolute atomic E-state index is 12.4. The molecule has 2 aromatic heterocycles. The number of H-pyrrole nitrogens is 1. The number of benzene rings is 1. The molecule has 0 amide bonds. The van der Waals surface area contributed by atoms with Crippen LogP contribution in [0.4, 0.5) is 0 Å². The Balaban J connectivity index is 1.66. The van der Waals surface area contributed by atoms with Crippen LogP contribution in [-0.4, -0.2) is 39.1 Å². The SMILES string of the molecule is COC(=O)c1ccc2c(=O)[nH]c(CN3CCn4cccc4[C@H]3C)nc2c1. The number of hydrogen-bond acceptors (Lipinski definition) is 5. The third kappa shape index (κ3) is 2.80. The van der Waals surface area contributed by atoms with Crippen LogP contribution < -0.4 is 5.56 Å². The van der Waals surface area contributed by atoms with Crippen molar-refractivity contribution in [2.45, 2.75) is 26.1 Å². The van der Waals surface area contributed by atoms with Gasteiger partial charge in [-0.2, -0.15) is 0 Å². The highest BCUT2D eigenvalue weighted by molar-refractivity contribution is 5.93. The van der Waals surface area contributed by atoms with Gasteiger partial charge in [0.1, 0.15) is 5.82 Å². The second kappa shape index (κ2) is 6.42. The maximum Gasteiger partial charge on any atom is 0.337 e. The highest BCUT2D eigenvalue weighted by Crippen LogP contribution is 2.26. The smallest absolute Gasteiger partial charge is 0.337 e. The van der Waals surface area contributed by atoms with E-state index in [-0.39, 0.29) is 11.6 Å². The van der Waals surface area contributed by atoms with Gasteiger partial charge >= 0.3 is 5.97 Å². The van der Waals surface area contributed by atoms with Crippen LogP contribution in [0.1, 0.15) is 34.8 Å². The summed E-state index contributed by atoms with van der Waals surface area (Å²) in [6, 6.07) is 9.20. The average molecular weight is 352 g/mol. The summed E-state index contributed by atoms with van der Waals surface area (Å²) in [5, 5.41) is 0.460. The first kappa shape index (κ1) is 16.5. The summed E-state index contributed by atoms with van der Waals surface area (Å²) >= 11 is 0. The zero-order valence-corrected chi connectivity index (χ0v) is 14.7. The predicted octanol–water partition coefficient (Wildman–Crippen LogP) is 2.09. The molecular formula is C19H20N4O3. The van der Waals surface area contributed by atoms with Gasteiger partial charge in [0.2, 0.25) is 0 Å². The van der Waals surface area contributed by atoms with E-state index in [4.69, 9.17) is 4.74 Å². The number of esters is 1. The average Bonchev–Trinajstić information content (AvgIpc) is 3.12. The first-order chi connectivity index (χ1) is 12.6. The molecule has 0 fully saturated rings. The number of carbonyl (C=O) groups excluding carboxylic acids is 1. The van der Waals surface area contributed by atoms with Gasteiger partial charge in [-0.15, -0.1) is 0 Å². The third-order valence-corrected chi connectivity index (χ3v) is 5.00. The predicted molar refractivity (Wildman–Crippen MR) is 97.0 cm³/mol. The fourth-order valence-electron chi connectivity index (χ4n) is 3.54. The molecule has 1 atom stereocenters. The van der Waals surface area contributed by atoms with E-state index in [1.54, 1.807) is 18.2 Å². The van der Waals surface area contributed by atoms with E-state index in [1.807, 2.05) is 0 Å². The van der Waals surface area contributed by atoms with Crippen molar-refractivity contribution in [1.29, 1.82) is 0 Å². The summed E-state index contributed by atoms with van der Waals surface area (Å²) < 4.78 is 6.99. The Labute approximate surface area is 150 Å². The normalized spacial score (nSPS) is 17.2. The summed E-state index contributed by atoms with van der Waals surface area (Å²) in [4.78, 5) is 33.9. The van der Waals surface area contributed by atoms with Crippen molar-refractivity contribution in [2.75, 3.05) is 13.7 Å². The summed E-state index contributed by atoms with van der Waals surface area (Å²) in [7, 11) is 1.33.